The summed E-state index contributed by atoms with van der Waals surface area (Å²) in [5.41, 5.74) is 1.75. The van der Waals surface area contributed by atoms with Crippen LogP contribution in [0.25, 0.3) is 0 Å². The fourth-order valence-corrected chi connectivity index (χ4v) is 5.58. The number of piperidine rings is 1. The number of aliphatic imine (C=N–C) groups is 1. The SMILES string of the molecule is Cc1cc(C(C)(C)C)cc(S(=O)(=O)N2CCC3(CC2)N=C(N(C)C)NC3=O)c1C. The summed E-state index contributed by atoms with van der Waals surface area (Å²) >= 11 is 0. The van der Waals surface area contributed by atoms with Crippen molar-refractivity contribution in [2.75, 3.05) is 27.2 Å². The second-order valence-corrected chi connectivity index (χ2v) is 11.3. The molecule has 0 radical (unpaired) electrons. The van der Waals surface area contributed by atoms with E-state index in [0.717, 1.165) is 16.7 Å². The molecule has 1 amide bonds. The van der Waals surface area contributed by atoms with E-state index in [-0.39, 0.29) is 24.4 Å². The van der Waals surface area contributed by atoms with Crippen molar-refractivity contribution in [3.8, 4) is 0 Å². The number of benzene rings is 1. The summed E-state index contributed by atoms with van der Waals surface area (Å²) in [4.78, 5) is 19.2. The minimum atomic E-state index is -3.65. The third-order valence-electron chi connectivity index (χ3n) is 6.04. The first-order chi connectivity index (χ1) is 13.3. The second kappa shape index (κ2) is 7.09. The maximum absolute atomic E-state index is 13.5. The number of hydrogen-bond donors (Lipinski definition) is 1. The number of hydrogen-bond acceptors (Lipinski definition) is 5. The van der Waals surface area contributed by atoms with Crippen LogP contribution in [-0.4, -0.2) is 62.2 Å². The Hall–Kier alpha value is -1.93. The van der Waals surface area contributed by atoms with E-state index in [2.05, 4.69) is 37.1 Å². The minimum absolute atomic E-state index is 0.139. The number of aryl methyl sites for hydroxylation is 1. The van der Waals surface area contributed by atoms with Crippen LogP contribution in [0.3, 0.4) is 0 Å². The normalized spacial score (nSPS) is 20.0. The van der Waals surface area contributed by atoms with Crippen molar-refractivity contribution >= 4 is 21.9 Å². The Morgan fingerprint density at radius 1 is 1.14 bits per heavy atom. The summed E-state index contributed by atoms with van der Waals surface area (Å²) < 4.78 is 28.5. The molecule has 0 aliphatic carbocycles. The number of rotatable bonds is 2. The van der Waals surface area contributed by atoms with Gasteiger partial charge in [-0.15, -0.1) is 0 Å². The highest BCUT2D eigenvalue weighted by Crippen LogP contribution is 2.35. The summed E-state index contributed by atoms with van der Waals surface area (Å²) in [6.07, 6.45) is 0.763. The van der Waals surface area contributed by atoms with Crippen molar-refractivity contribution in [2.24, 2.45) is 4.99 Å². The van der Waals surface area contributed by atoms with E-state index >= 15 is 0 Å². The summed E-state index contributed by atoms with van der Waals surface area (Å²) in [6, 6.07) is 3.88. The molecule has 29 heavy (non-hydrogen) atoms. The molecule has 3 rings (SSSR count). The Morgan fingerprint density at radius 2 is 1.72 bits per heavy atom. The van der Waals surface area contributed by atoms with Gasteiger partial charge in [-0.3, -0.25) is 10.1 Å². The molecule has 7 nitrogen and oxygen atoms in total. The fourth-order valence-electron chi connectivity index (χ4n) is 3.81. The molecule has 0 bridgehead atoms. The molecule has 2 aliphatic rings. The van der Waals surface area contributed by atoms with Gasteiger partial charge in [-0.25, -0.2) is 13.4 Å². The third-order valence-corrected chi connectivity index (χ3v) is 8.07. The van der Waals surface area contributed by atoms with Crippen LogP contribution >= 0.6 is 0 Å². The maximum atomic E-state index is 13.5. The van der Waals surface area contributed by atoms with Crippen molar-refractivity contribution in [2.45, 2.75) is 63.3 Å². The molecule has 2 heterocycles. The molecule has 1 fully saturated rings. The quantitative estimate of drug-likeness (QED) is 0.795. The van der Waals surface area contributed by atoms with Gasteiger partial charge < -0.3 is 4.90 Å². The lowest BCUT2D eigenvalue weighted by atomic mass is 9.85. The summed E-state index contributed by atoms with van der Waals surface area (Å²) in [5, 5.41) is 2.81. The van der Waals surface area contributed by atoms with Crippen LogP contribution in [0.4, 0.5) is 0 Å². The number of amides is 1. The average Bonchev–Trinajstić information content (AvgIpc) is 2.93. The highest BCUT2D eigenvalue weighted by molar-refractivity contribution is 7.89. The molecule has 1 aromatic carbocycles. The smallest absolute Gasteiger partial charge is 0.254 e. The molecule has 1 aromatic rings. The van der Waals surface area contributed by atoms with E-state index in [1.165, 1.54) is 4.31 Å². The van der Waals surface area contributed by atoms with Crippen LogP contribution in [0.5, 0.6) is 0 Å². The highest BCUT2D eigenvalue weighted by Gasteiger charge is 2.48. The number of carbonyl (C=O) groups is 1. The first-order valence-electron chi connectivity index (χ1n) is 9.98. The van der Waals surface area contributed by atoms with Gasteiger partial charge in [0, 0.05) is 27.2 Å². The van der Waals surface area contributed by atoms with Crippen molar-refractivity contribution in [3.63, 3.8) is 0 Å². The Kier molecular flexibility index (Phi) is 5.32. The van der Waals surface area contributed by atoms with E-state index in [1.54, 1.807) is 4.90 Å². The Morgan fingerprint density at radius 3 is 2.21 bits per heavy atom. The lowest BCUT2D eigenvalue weighted by molar-refractivity contribution is -0.125. The topological polar surface area (TPSA) is 82.1 Å². The predicted molar refractivity (Wildman–Crippen MR) is 115 cm³/mol. The number of sulfonamides is 1. The van der Waals surface area contributed by atoms with Gasteiger partial charge in [-0.05, 0) is 54.9 Å². The van der Waals surface area contributed by atoms with Gasteiger partial charge >= 0.3 is 0 Å². The molecule has 1 spiro atoms. The summed E-state index contributed by atoms with van der Waals surface area (Å²) in [5.74, 6) is 0.399. The van der Waals surface area contributed by atoms with Crippen molar-refractivity contribution in [1.29, 1.82) is 0 Å². The molecule has 0 unspecified atom stereocenters. The van der Waals surface area contributed by atoms with Crippen LogP contribution in [0.2, 0.25) is 0 Å². The van der Waals surface area contributed by atoms with Crippen LogP contribution in [0.1, 0.15) is 50.3 Å². The number of guanidine groups is 1. The number of carbonyl (C=O) groups excluding carboxylic acids is 1. The molecule has 2 aliphatic heterocycles. The molecule has 0 saturated carbocycles. The predicted octanol–water partition coefficient (Wildman–Crippen LogP) is 2.17. The van der Waals surface area contributed by atoms with E-state index < -0.39 is 15.6 Å². The van der Waals surface area contributed by atoms with Gasteiger partial charge in [0.15, 0.2) is 0 Å². The summed E-state index contributed by atoms with van der Waals surface area (Å²) in [7, 11) is 0.0000939. The maximum Gasteiger partial charge on any atom is 0.254 e. The van der Waals surface area contributed by atoms with Crippen molar-refractivity contribution < 1.29 is 13.2 Å². The average molecular weight is 421 g/mol. The second-order valence-electron chi connectivity index (χ2n) is 9.39. The molecule has 0 atom stereocenters. The Bertz CT molecular complexity index is 966. The summed E-state index contributed by atoms with van der Waals surface area (Å²) in [6.45, 7) is 10.6. The molecular formula is C21H32N4O3S. The molecule has 8 heteroatoms. The van der Waals surface area contributed by atoms with Gasteiger partial charge in [0.2, 0.25) is 16.0 Å². The van der Waals surface area contributed by atoms with E-state index in [4.69, 9.17) is 0 Å². The van der Waals surface area contributed by atoms with Crippen LogP contribution in [0, 0.1) is 13.8 Å². The van der Waals surface area contributed by atoms with Gasteiger partial charge in [0.25, 0.3) is 5.91 Å². The molecule has 0 aromatic heterocycles. The Balaban J connectivity index is 1.90. The van der Waals surface area contributed by atoms with Crippen LogP contribution < -0.4 is 5.32 Å². The lowest BCUT2D eigenvalue weighted by Crippen LogP contribution is -2.50. The molecule has 160 valence electrons. The van der Waals surface area contributed by atoms with Gasteiger partial charge in [0.1, 0.15) is 5.54 Å². The largest absolute Gasteiger partial charge is 0.349 e. The number of nitrogens with one attached hydrogen (secondary N) is 1. The van der Waals surface area contributed by atoms with Crippen molar-refractivity contribution in [3.05, 3.63) is 28.8 Å². The lowest BCUT2D eigenvalue weighted by Gasteiger charge is -2.35. The first kappa shape index (κ1) is 21.8. The van der Waals surface area contributed by atoms with E-state index in [0.29, 0.717) is 23.7 Å². The molecular weight excluding hydrogens is 388 g/mol. The fraction of sp³-hybridized carbons (Fsp3) is 0.619. The van der Waals surface area contributed by atoms with E-state index in [1.807, 2.05) is 34.0 Å². The van der Waals surface area contributed by atoms with Crippen LogP contribution in [-0.2, 0) is 20.2 Å². The van der Waals surface area contributed by atoms with Crippen LogP contribution in [0.15, 0.2) is 22.0 Å². The zero-order chi connectivity index (χ0) is 21.8. The molecule has 1 saturated heterocycles. The Labute approximate surface area is 174 Å². The first-order valence-corrected chi connectivity index (χ1v) is 11.4. The molecule has 1 N–H and O–H groups in total. The zero-order valence-corrected chi connectivity index (χ0v) is 19.3. The highest BCUT2D eigenvalue weighted by atomic mass is 32.2. The van der Waals surface area contributed by atoms with E-state index in [9.17, 15) is 13.2 Å². The monoisotopic (exact) mass is 420 g/mol. The standard InChI is InChI=1S/C21H32N4O3S/c1-14-12-16(20(3,4)5)13-17(15(14)2)29(27,28)25-10-8-21(9-11-25)18(26)22-19(23-21)24(6)7/h12-13H,8-11H2,1-7H3,(H,22,23,26). The zero-order valence-electron chi connectivity index (χ0n) is 18.5. The number of nitrogens with zero attached hydrogens (tertiary/aromatic N) is 3. The van der Waals surface area contributed by atoms with Gasteiger partial charge in [-0.2, -0.15) is 4.31 Å². The van der Waals surface area contributed by atoms with Gasteiger partial charge in [-0.1, -0.05) is 26.8 Å². The van der Waals surface area contributed by atoms with Gasteiger partial charge in [0.05, 0.1) is 4.90 Å². The van der Waals surface area contributed by atoms with Crippen molar-refractivity contribution in [1.82, 2.24) is 14.5 Å². The minimum Gasteiger partial charge on any atom is -0.349 e. The third kappa shape index (κ3) is 3.80.